The van der Waals surface area contributed by atoms with Crippen LogP contribution in [0.25, 0.3) is 11.3 Å². The molecular formula is C26H31N7O3S. The maximum atomic E-state index is 12.2. The summed E-state index contributed by atoms with van der Waals surface area (Å²) in [6.07, 6.45) is 5.62. The first kappa shape index (κ1) is 24.1. The molecule has 1 aromatic carbocycles. The molecule has 3 aromatic rings. The topological polar surface area (TPSA) is 135 Å². The second-order valence-electron chi connectivity index (χ2n) is 10.1. The van der Waals surface area contributed by atoms with E-state index in [0.29, 0.717) is 23.9 Å². The van der Waals surface area contributed by atoms with E-state index < -0.39 is 16.0 Å². The number of hydrogen-bond acceptors (Lipinski definition) is 10. The lowest BCUT2D eigenvalue weighted by Crippen LogP contribution is -2.38. The Hall–Kier alpha value is -3.28. The summed E-state index contributed by atoms with van der Waals surface area (Å²) in [5, 5.41) is 6.05. The number of ether oxygens (including phenoxy) is 1. The summed E-state index contributed by atoms with van der Waals surface area (Å²) in [6.45, 7) is 3.89. The first-order chi connectivity index (χ1) is 17.8. The van der Waals surface area contributed by atoms with Crippen molar-refractivity contribution < 1.29 is 13.2 Å². The average molecular weight is 522 g/mol. The van der Waals surface area contributed by atoms with Crippen LogP contribution < -0.4 is 21.3 Å². The zero-order valence-electron chi connectivity index (χ0n) is 20.7. The Morgan fingerprint density at radius 2 is 2.05 bits per heavy atom. The van der Waals surface area contributed by atoms with Gasteiger partial charge in [0, 0.05) is 35.9 Å². The Morgan fingerprint density at radius 1 is 1.19 bits per heavy atom. The van der Waals surface area contributed by atoms with E-state index >= 15 is 0 Å². The number of rotatable bonds is 9. The van der Waals surface area contributed by atoms with Crippen LogP contribution in [0.1, 0.15) is 24.8 Å². The van der Waals surface area contributed by atoms with Gasteiger partial charge < -0.3 is 26.0 Å². The molecule has 6 rings (SSSR count). The molecule has 3 fully saturated rings. The number of aromatic nitrogens is 3. The van der Waals surface area contributed by atoms with Crippen LogP contribution >= 0.6 is 0 Å². The fourth-order valence-electron chi connectivity index (χ4n) is 5.13. The Bertz CT molecular complexity index is 1400. The van der Waals surface area contributed by atoms with Crippen LogP contribution in [-0.4, -0.2) is 65.8 Å². The summed E-state index contributed by atoms with van der Waals surface area (Å²) in [5.41, 5.74) is 10.9. The fraction of sp³-hybridized carbons (Fsp3) is 0.423. The molecule has 10 nitrogen and oxygen atoms in total. The van der Waals surface area contributed by atoms with E-state index in [9.17, 15) is 8.42 Å². The molecule has 0 spiro atoms. The van der Waals surface area contributed by atoms with Gasteiger partial charge in [-0.25, -0.2) is 23.4 Å². The van der Waals surface area contributed by atoms with Crippen molar-refractivity contribution in [1.82, 2.24) is 15.0 Å². The molecule has 3 atom stereocenters. The van der Waals surface area contributed by atoms with Crippen LogP contribution in [-0.2, 0) is 14.6 Å². The van der Waals surface area contributed by atoms with Gasteiger partial charge in [-0.1, -0.05) is 0 Å². The maximum Gasteiger partial charge on any atom is 0.227 e. The highest BCUT2D eigenvalue weighted by Crippen LogP contribution is 2.35. The molecule has 2 bridgehead atoms. The molecular weight excluding hydrogens is 490 g/mol. The first-order valence-electron chi connectivity index (χ1n) is 12.6. The molecule has 11 heteroatoms. The Labute approximate surface area is 216 Å². The summed E-state index contributed by atoms with van der Waals surface area (Å²) in [5.74, 6) is 0.909. The van der Waals surface area contributed by atoms with E-state index in [-0.39, 0.29) is 11.0 Å². The van der Waals surface area contributed by atoms with Gasteiger partial charge in [0.2, 0.25) is 5.95 Å². The van der Waals surface area contributed by atoms with Gasteiger partial charge in [0.1, 0.15) is 5.82 Å². The van der Waals surface area contributed by atoms with Crippen molar-refractivity contribution in [2.24, 2.45) is 5.73 Å². The molecule has 1 saturated carbocycles. The van der Waals surface area contributed by atoms with Crippen molar-refractivity contribution in [2.45, 2.75) is 49.7 Å². The predicted molar refractivity (Wildman–Crippen MR) is 144 cm³/mol. The highest BCUT2D eigenvalue weighted by molar-refractivity contribution is 7.92. The predicted octanol–water partition coefficient (Wildman–Crippen LogP) is 2.84. The van der Waals surface area contributed by atoms with Crippen LogP contribution in [0, 0.1) is 6.92 Å². The third-order valence-corrected chi connectivity index (χ3v) is 9.47. The normalized spacial score (nSPS) is 21.7. The van der Waals surface area contributed by atoms with Crippen LogP contribution in [0.3, 0.4) is 0 Å². The molecule has 1 unspecified atom stereocenters. The number of pyridine rings is 1. The maximum absolute atomic E-state index is 12.2. The van der Waals surface area contributed by atoms with Gasteiger partial charge in [-0.2, -0.15) is 0 Å². The minimum Gasteiger partial charge on any atom is -0.374 e. The van der Waals surface area contributed by atoms with Gasteiger partial charge in [0.15, 0.2) is 9.84 Å². The summed E-state index contributed by atoms with van der Waals surface area (Å²) in [6, 6.07) is 12.3. The van der Waals surface area contributed by atoms with Crippen molar-refractivity contribution in [2.75, 3.05) is 34.4 Å². The van der Waals surface area contributed by atoms with Crippen molar-refractivity contribution in [3.05, 3.63) is 54.4 Å². The molecule has 1 aliphatic carbocycles. The molecule has 4 N–H and O–H groups in total. The molecule has 194 valence electrons. The quantitative estimate of drug-likeness (QED) is 0.361. The van der Waals surface area contributed by atoms with Crippen LogP contribution in [0.5, 0.6) is 0 Å². The number of hydrogen-bond donors (Lipinski definition) is 3. The largest absolute Gasteiger partial charge is 0.374 e. The number of anilines is 4. The van der Waals surface area contributed by atoms with Gasteiger partial charge >= 0.3 is 0 Å². The molecule has 37 heavy (non-hydrogen) atoms. The number of nitrogens with one attached hydrogen (secondary N) is 2. The van der Waals surface area contributed by atoms with Crippen LogP contribution in [0.15, 0.2) is 48.8 Å². The molecule has 4 heterocycles. The Balaban J connectivity index is 1.10. The van der Waals surface area contributed by atoms with Gasteiger partial charge in [-0.05, 0) is 68.1 Å². The average Bonchev–Trinajstić information content (AvgIpc) is 3.54. The fourth-order valence-corrected chi connectivity index (χ4v) is 6.85. The minimum absolute atomic E-state index is 0.101. The summed E-state index contributed by atoms with van der Waals surface area (Å²) in [4.78, 5) is 15.9. The van der Waals surface area contributed by atoms with Crippen molar-refractivity contribution in [3.63, 3.8) is 0 Å². The molecule has 0 amide bonds. The molecule has 2 aromatic heterocycles. The van der Waals surface area contributed by atoms with Crippen molar-refractivity contribution in [1.29, 1.82) is 0 Å². The number of aryl methyl sites for hydroxylation is 1. The zero-order valence-corrected chi connectivity index (χ0v) is 21.5. The van der Waals surface area contributed by atoms with Crippen LogP contribution in [0.2, 0.25) is 0 Å². The van der Waals surface area contributed by atoms with E-state index in [1.54, 1.807) is 18.5 Å². The third-order valence-electron chi connectivity index (χ3n) is 7.15. The van der Waals surface area contributed by atoms with Crippen molar-refractivity contribution >= 4 is 33.0 Å². The van der Waals surface area contributed by atoms with Gasteiger partial charge in [-0.15, -0.1) is 0 Å². The van der Waals surface area contributed by atoms with Gasteiger partial charge in [-0.3, -0.25) is 0 Å². The van der Waals surface area contributed by atoms with Gasteiger partial charge in [0.05, 0.1) is 41.6 Å². The number of nitrogens with two attached hydrogens (primary N) is 1. The first-order valence-corrected chi connectivity index (χ1v) is 14.3. The second kappa shape index (κ2) is 9.55. The Kier molecular flexibility index (Phi) is 6.21. The summed E-state index contributed by atoms with van der Waals surface area (Å²) in [7, 11) is -3.15. The molecule has 0 radical (unpaired) electrons. The van der Waals surface area contributed by atoms with Crippen molar-refractivity contribution in [3.8, 4) is 11.3 Å². The second-order valence-corrected chi connectivity index (χ2v) is 12.4. The highest BCUT2D eigenvalue weighted by atomic mass is 32.2. The standard InChI is InChI=1S/C26H31N7O3S/c1-16-10-18(3-6-23(16)33-13-20-11-19(33)14-36-20)30-26-28-9-8-22(31-26)17-2-7-25(29-12-17)32-24(27)15-37(34,35)21-4-5-21/h2-3,6-10,12,19-21,24H,4-5,11,13-15,27H2,1H3,(H,29,32)(H,28,30,31)/t19-,20-,24?/m0/s1. The van der Waals surface area contributed by atoms with E-state index in [0.717, 1.165) is 49.4 Å². The van der Waals surface area contributed by atoms with E-state index in [4.69, 9.17) is 10.5 Å². The van der Waals surface area contributed by atoms with E-state index in [1.807, 2.05) is 12.1 Å². The van der Waals surface area contributed by atoms with Gasteiger partial charge in [0.25, 0.3) is 0 Å². The molecule has 2 saturated heterocycles. The minimum atomic E-state index is -3.15. The number of morpholine rings is 1. The lowest BCUT2D eigenvalue weighted by molar-refractivity contribution is 0.0991. The highest BCUT2D eigenvalue weighted by Gasteiger charge is 2.39. The molecule has 3 aliphatic rings. The zero-order chi connectivity index (χ0) is 25.6. The monoisotopic (exact) mass is 521 g/mol. The number of sulfone groups is 1. The SMILES string of the molecule is Cc1cc(Nc2nccc(-c3ccc(NC(N)CS(=O)(=O)C4CC4)nc3)n2)ccc1N1C[C@@H]2C[C@H]1CO2. The van der Waals surface area contributed by atoms with E-state index in [2.05, 4.69) is 55.6 Å². The Morgan fingerprint density at radius 3 is 2.73 bits per heavy atom. The number of benzene rings is 1. The number of nitrogens with zero attached hydrogens (tertiary/aromatic N) is 4. The van der Waals surface area contributed by atoms with E-state index in [1.165, 1.54) is 11.3 Å². The summed E-state index contributed by atoms with van der Waals surface area (Å²) < 4.78 is 30.0. The lowest BCUT2D eigenvalue weighted by atomic mass is 10.1. The lowest BCUT2D eigenvalue weighted by Gasteiger charge is -2.30. The number of fused-ring (bicyclic) bond motifs is 2. The summed E-state index contributed by atoms with van der Waals surface area (Å²) >= 11 is 0. The third kappa shape index (κ3) is 5.25. The van der Waals surface area contributed by atoms with Crippen LogP contribution in [0.4, 0.5) is 23.1 Å². The molecule has 2 aliphatic heterocycles. The smallest absolute Gasteiger partial charge is 0.227 e.